The van der Waals surface area contributed by atoms with Crippen molar-refractivity contribution >= 4 is 23.2 Å². The van der Waals surface area contributed by atoms with E-state index in [1.54, 1.807) is 19.1 Å². The molecule has 0 radical (unpaired) electrons. The van der Waals surface area contributed by atoms with E-state index in [2.05, 4.69) is 11.1 Å². The lowest BCUT2D eigenvalue weighted by molar-refractivity contribution is -0.130. The first-order valence-corrected chi connectivity index (χ1v) is 8.61. The first-order chi connectivity index (χ1) is 12.3. The molecule has 134 valence electrons. The largest absolute Gasteiger partial charge is 0.369 e. The van der Waals surface area contributed by atoms with Gasteiger partial charge in [-0.2, -0.15) is 5.26 Å². The van der Waals surface area contributed by atoms with Crippen LogP contribution in [0.15, 0.2) is 41.4 Å². The molecule has 2 aromatic rings. The Hall–Kier alpha value is -2.79. The normalized spacial score (nSPS) is 23.1. The molecule has 1 aliphatic rings. The fraction of sp³-hybridized carbons (Fsp3) is 0.278. The van der Waals surface area contributed by atoms with Crippen molar-refractivity contribution in [2.24, 2.45) is 10.7 Å². The molecule has 1 aromatic carbocycles. The first-order valence-electron chi connectivity index (χ1n) is 7.79. The molecule has 2 atom stereocenters. The predicted molar refractivity (Wildman–Crippen MR) is 94.9 cm³/mol. The van der Waals surface area contributed by atoms with E-state index >= 15 is 0 Å². The molecular formula is C18H16F2N4OS. The van der Waals surface area contributed by atoms with Gasteiger partial charge in [0.05, 0.1) is 5.92 Å². The van der Waals surface area contributed by atoms with Crippen molar-refractivity contribution in [3.8, 4) is 6.07 Å². The molecule has 0 saturated heterocycles. The Labute approximate surface area is 153 Å². The fourth-order valence-corrected chi connectivity index (χ4v) is 4.02. The number of alkyl halides is 2. The van der Waals surface area contributed by atoms with E-state index in [9.17, 15) is 13.6 Å². The highest BCUT2D eigenvalue weighted by atomic mass is 32.1. The summed E-state index contributed by atoms with van der Waals surface area (Å²) < 4.78 is 25.7. The summed E-state index contributed by atoms with van der Waals surface area (Å²) in [4.78, 5) is 20.0. The minimum Gasteiger partial charge on any atom is -0.369 e. The van der Waals surface area contributed by atoms with Crippen LogP contribution in [0.2, 0.25) is 0 Å². The van der Waals surface area contributed by atoms with E-state index < -0.39 is 17.9 Å². The van der Waals surface area contributed by atoms with E-state index in [0.717, 1.165) is 0 Å². The Kier molecular flexibility index (Phi) is 4.50. The number of halogens is 2. The minimum atomic E-state index is -2.58. The Balaban J connectivity index is 2.15. The second-order valence-electron chi connectivity index (χ2n) is 6.19. The average Bonchev–Trinajstić information content (AvgIpc) is 3.10. The average molecular weight is 374 g/mol. The zero-order valence-electron chi connectivity index (χ0n) is 14.1. The number of carbonyl (C=O) groups is 1. The van der Waals surface area contributed by atoms with Crippen LogP contribution in [0.3, 0.4) is 0 Å². The minimum absolute atomic E-state index is 0.0739. The number of guanidine groups is 1. The lowest BCUT2D eigenvalue weighted by Gasteiger charge is -2.40. The van der Waals surface area contributed by atoms with Gasteiger partial charge in [0.1, 0.15) is 16.5 Å². The Morgan fingerprint density at radius 3 is 2.50 bits per heavy atom. The zero-order valence-corrected chi connectivity index (χ0v) is 14.9. The van der Waals surface area contributed by atoms with E-state index in [4.69, 9.17) is 11.0 Å². The van der Waals surface area contributed by atoms with E-state index in [-0.39, 0.29) is 17.4 Å². The van der Waals surface area contributed by atoms with Crippen LogP contribution < -0.4 is 5.73 Å². The van der Waals surface area contributed by atoms with Crippen LogP contribution in [0, 0.1) is 11.3 Å². The number of aliphatic imine (C=N–C) groups is 1. The zero-order chi connectivity index (χ0) is 19.1. The van der Waals surface area contributed by atoms with Gasteiger partial charge in [-0.1, -0.05) is 24.3 Å². The predicted octanol–water partition coefficient (Wildman–Crippen LogP) is 3.34. The molecule has 26 heavy (non-hydrogen) atoms. The van der Waals surface area contributed by atoms with E-state index in [0.29, 0.717) is 15.3 Å². The van der Waals surface area contributed by atoms with Crippen molar-refractivity contribution in [2.75, 3.05) is 7.05 Å². The number of nitriles is 1. The van der Waals surface area contributed by atoms with Gasteiger partial charge in [-0.15, -0.1) is 11.3 Å². The molecule has 0 saturated carbocycles. The van der Waals surface area contributed by atoms with Crippen molar-refractivity contribution in [3.05, 3.63) is 57.3 Å². The molecular weight excluding hydrogens is 358 g/mol. The fourth-order valence-electron chi connectivity index (χ4n) is 3.09. The van der Waals surface area contributed by atoms with Crippen LogP contribution in [0.25, 0.3) is 0 Å². The summed E-state index contributed by atoms with van der Waals surface area (Å²) in [7, 11) is 1.52. The van der Waals surface area contributed by atoms with Gasteiger partial charge in [0.15, 0.2) is 5.96 Å². The van der Waals surface area contributed by atoms with Crippen molar-refractivity contribution in [3.63, 3.8) is 0 Å². The number of hydrogen-bond donors (Lipinski definition) is 1. The van der Waals surface area contributed by atoms with Gasteiger partial charge in [-0.3, -0.25) is 9.69 Å². The highest BCUT2D eigenvalue weighted by Crippen LogP contribution is 2.46. The molecule has 0 aliphatic carbocycles. The van der Waals surface area contributed by atoms with Crippen LogP contribution in [-0.2, 0) is 10.3 Å². The van der Waals surface area contributed by atoms with Crippen LogP contribution in [0.1, 0.15) is 40.1 Å². The molecule has 1 amide bonds. The molecule has 0 unspecified atom stereocenters. The van der Waals surface area contributed by atoms with Gasteiger partial charge >= 0.3 is 0 Å². The van der Waals surface area contributed by atoms with E-state index in [1.807, 2.05) is 0 Å². The van der Waals surface area contributed by atoms with Gasteiger partial charge in [0.25, 0.3) is 6.43 Å². The lowest BCUT2D eigenvalue weighted by atomic mass is 9.77. The molecule has 1 aromatic heterocycles. The number of hydrogen-bond acceptors (Lipinski definition) is 5. The first kappa shape index (κ1) is 18.0. The maximum atomic E-state index is 13.0. The van der Waals surface area contributed by atoms with Crippen molar-refractivity contribution in [1.29, 1.82) is 5.26 Å². The maximum absolute atomic E-state index is 13.0. The molecule has 0 fully saturated rings. The van der Waals surface area contributed by atoms with Crippen LogP contribution in [-0.4, -0.2) is 23.8 Å². The SMILES string of the molecule is CN1C(=O)[C@H](c2ccc(C(F)F)cc2)[C@@](C)(c2ccc(C#N)s2)N=C1N. The third-order valence-corrected chi connectivity index (χ3v) is 5.78. The van der Waals surface area contributed by atoms with E-state index in [1.165, 1.54) is 47.5 Å². The van der Waals surface area contributed by atoms with Gasteiger partial charge in [-0.25, -0.2) is 13.8 Å². The number of likely N-dealkylation sites (N-methyl/N-ethyl adjacent to an activating group) is 1. The number of thiophene rings is 1. The number of nitrogens with zero attached hydrogens (tertiary/aromatic N) is 3. The van der Waals surface area contributed by atoms with Gasteiger partial charge < -0.3 is 5.73 Å². The van der Waals surface area contributed by atoms with Gasteiger partial charge in [-0.05, 0) is 24.6 Å². The van der Waals surface area contributed by atoms with Crippen LogP contribution in [0.5, 0.6) is 0 Å². The Bertz CT molecular complexity index is 916. The molecule has 3 rings (SSSR count). The maximum Gasteiger partial charge on any atom is 0.263 e. The Morgan fingerprint density at radius 1 is 1.31 bits per heavy atom. The number of nitrogens with two attached hydrogens (primary N) is 1. The van der Waals surface area contributed by atoms with Gasteiger partial charge in [0, 0.05) is 17.5 Å². The molecule has 5 nitrogen and oxygen atoms in total. The van der Waals surface area contributed by atoms with Crippen molar-refractivity contribution in [1.82, 2.24) is 4.90 Å². The summed E-state index contributed by atoms with van der Waals surface area (Å²) in [5.41, 5.74) is 5.35. The second-order valence-corrected chi connectivity index (χ2v) is 7.27. The number of amides is 1. The summed E-state index contributed by atoms with van der Waals surface area (Å²) in [5, 5.41) is 9.10. The summed E-state index contributed by atoms with van der Waals surface area (Å²) in [6, 6.07) is 11.1. The third-order valence-electron chi connectivity index (χ3n) is 4.57. The number of benzene rings is 1. The highest BCUT2D eigenvalue weighted by Gasteiger charge is 2.48. The van der Waals surface area contributed by atoms with Gasteiger partial charge in [0.2, 0.25) is 5.91 Å². The number of carbonyl (C=O) groups excluding carboxylic acids is 1. The quantitative estimate of drug-likeness (QED) is 0.894. The monoisotopic (exact) mass is 374 g/mol. The topological polar surface area (TPSA) is 82.5 Å². The summed E-state index contributed by atoms with van der Waals surface area (Å²) in [6.07, 6.45) is -2.58. The second kappa shape index (κ2) is 6.50. The van der Waals surface area contributed by atoms with Crippen LogP contribution in [0.4, 0.5) is 8.78 Å². The molecule has 1 aliphatic heterocycles. The standard InChI is InChI=1S/C18H16F2N4OS/c1-18(13-8-7-12(9-21)26-13)14(16(25)24(2)17(22)23-18)10-3-5-11(6-4-10)15(19)20/h3-8,14-15H,1-2H3,(H2,22,23)/t14-,18+/m0/s1. The molecule has 0 bridgehead atoms. The Morgan fingerprint density at radius 2 is 1.96 bits per heavy atom. The van der Waals surface area contributed by atoms with Crippen LogP contribution >= 0.6 is 11.3 Å². The summed E-state index contributed by atoms with van der Waals surface area (Å²) in [5.74, 6) is -0.946. The molecule has 0 spiro atoms. The van der Waals surface area contributed by atoms with Crippen molar-refractivity contribution < 1.29 is 13.6 Å². The van der Waals surface area contributed by atoms with Crippen molar-refractivity contribution in [2.45, 2.75) is 24.8 Å². The molecule has 2 N–H and O–H groups in total. The highest BCUT2D eigenvalue weighted by molar-refractivity contribution is 7.12. The summed E-state index contributed by atoms with van der Waals surface area (Å²) >= 11 is 1.24. The summed E-state index contributed by atoms with van der Waals surface area (Å²) in [6.45, 7) is 1.77. The molecule has 8 heteroatoms. The smallest absolute Gasteiger partial charge is 0.263 e. The third kappa shape index (κ3) is 2.84. The number of rotatable bonds is 3. The lowest BCUT2D eigenvalue weighted by Crippen LogP contribution is -2.52. The molecule has 2 heterocycles.